The van der Waals surface area contributed by atoms with Crippen LogP contribution < -0.4 is 9.62 Å². The van der Waals surface area contributed by atoms with Crippen molar-refractivity contribution in [1.29, 1.82) is 0 Å². The summed E-state index contributed by atoms with van der Waals surface area (Å²) in [6.07, 6.45) is 8.24. The van der Waals surface area contributed by atoms with Gasteiger partial charge in [-0.25, -0.2) is 8.42 Å². The van der Waals surface area contributed by atoms with Crippen LogP contribution in [0.1, 0.15) is 44.1 Å². The molecular formula is C19H30N2O4S. The minimum Gasteiger partial charge on any atom is -0.378 e. The maximum absolute atomic E-state index is 12.1. The molecule has 146 valence electrons. The van der Waals surface area contributed by atoms with Crippen LogP contribution >= 0.6 is 0 Å². The predicted molar refractivity (Wildman–Crippen MR) is 104 cm³/mol. The van der Waals surface area contributed by atoms with Crippen LogP contribution in [-0.4, -0.2) is 46.4 Å². The standard InChI is InChI=1S/C19H30N2O4S/c1-16-9-11-17(12-10-16)21(26(2,23)24)15-19(22)20-13-6-14-25-18-7-4-3-5-8-18/h9-12,18H,3-8,13-15H2,1-2H3,(H,20,22). The van der Waals surface area contributed by atoms with Gasteiger partial charge in [0, 0.05) is 13.2 Å². The molecule has 7 heteroatoms. The second-order valence-electron chi connectivity index (χ2n) is 6.94. The van der Waals surface area contributed by atoms with Crippen LogP contribution in [0.15, 0.2) is 24.3 Å². The summed E-state index contributed by atoms with van der Waals surface area (Å²) < 4.78 is 31.0. The fourth-order valence-electron chi connectivity index (χ4n) is 3.08. The number of amides is 1. The summed E-state index contributed by atoms with van der Waals surface area (Å²) in [6.45, 7) is 2.82. The second-order valence-corrected chi connectivity index (χ2v) is 8.85. The van der Waals surface area contributed by atoms with Crippen molar-refractivity contribution in [3.05, 3.63) is 29.8 Å². The molecule has 1 aromatic carbocycles. The fraction of sp³-hybridized carbons (Fsp3) is 0.632. The monoisotopic (exact) mass is 382 g/mol. The van der Waals surface area contributed by atoms with Crippen LogP contribution in [0.25, 0.3) is 0 Å². The van der Waals surface area contributed by atoms with Crippen molar-refractivity contribution >= 4 is 21.6 Å². The van der Waals surface area contributed by atoms with E-state index in [4.69, 9.17) is 4.74 Å². The van der Waals surface area contributed by atoms with Gasteiger partial charge in [0.05, 0.1) is 18.0 Å². The highest BCUT2D eigenvalue weighted by Crippen LogP contribution is 2.20. The van der Waals surface area contributed by atoms with Crippen molar-refractivity contribution in [2.75, 3.05) is 30.3 Å². The number of nitrogens with zero attached hydrogens (tertiary/aromatic N) is 1. The first-order valence-electron chi connectivity index (χ1n) is 9.29. The highest BCUT2D eigenvalue weighted by atomic mass is 32.2. The topological polar surface area (TPSA) is 75.7 Å². The molecule has 1 aliphatic rings. The number of sulfonamides is 1. The van der Waals surface area contributed by atoms with Crippen molar-refractivity contribution in [3.63, 3.8) is 0 Å². The van der Waals surface area contributed by atoms with Crippen LogP contribution in [0.3, 0.4) is 0 Å². The van der Waals surface area contributed by atoms with E-state index in [1.54, 1.807) is 12.1 Å². The minimum absolute atomic E-state index is 0.217. The van der Waals surface area contributed by atoms with E-state index < -0.39 is 10.0 Å². The average molecular weight is 383 g/mol. The second kappa shape index (κ2) is 9.92. The predicted octanol–water partition coefficient (Wildman–Crippen LogP) is 2.62. The number of ether oxygens (including phenoxy) is 1. The molecule has 0 atom stereocenters. The molecule has 0 saturated heterocycles. The Morgan fingerprint density at radius 2 is 1.85 bits per heavy atom. The molecule has 0 unspecified atom stereocenters. The van der Waals surface area contributed by atoms with Crippen molar-refractivity contribution in [2.45, 2.75) is 51.6 Å². The lowest BCUT2D eigenvalue weighted by Crippen LogP contribution is -2.40. The Balaban J connectivity index is 1.75. The zero-order valence-electron chi connectivity index (χ0n) is 15.7. The largest absolute Gasteiger partial charge is 0.378 e. The average Bonchev–Trinajstić information content (AvgIpc) is 2.60. The first-order chi connectivity index (χ1) is 12.4. The van der Waals surface area contributed by atoms with Gasteiger partial charge in [0.2, 0.25) is 15.9 Å². The molecule has 1 amide bonds. The van der Waals surface area contributed by atoms with Gasteiger partial charge < -0.3 is 10.1 Å². The lowest BCUT2D eigenvalue weighted by atomic mass is 9.98. The van der Waals surface area contributed by atoms with E-state index in [1.165, 1.54) is 19.3 Å². The van der Waals surface area contributed by atoms with Crippen LogP contribution in [0, 0.1) is 6.92 Å². The summed E-state index contributed by atoms with van der Waals surface area (Å²) in [5.74, 6) is -0.311. The molecule has 1 N–H and O–H groups in total. The molecule has 26 heavy (non-hydrogen) atoms. The normalized spacial score (nSPS) is 15.6. The lowest BCUT2D eigenvalue weighted by molar-refractivity contribution is -0.119. The van der Waals surface area contributed by atoms with E-state index in [-0.39, 0.29) is 12.5 Å². The Hall–Kier alpha value is -1.60. The van der Waals surface area contributed by atoms with Gasteiger partial charge in [0.1, 0.15) is 6.54 Å². The number of nitrogens with one attached hydrogen (secondary N) is 1. The van der Waals surface area contributed by atoms with Gasteiger partial charge in [-0.15, -0.1) is 0 Å². The highest BCUT2D eigenvalue weighted by Gasteiger charge is 2.20. The van der Waals surface area contributed by atoms with Gasteiger partial charge in [-0.1, -0.05) is 37.0 Å². The van der Waals surface area contributed by atoms with Crippen LogP contribution in [0.4, 0.5) is 5.69 Å². The van der Waals surface area contributed by atoms with E-state index >= 15 is 0 Å². The number of rotatable bonds is 9. The van der Waals surface area contributed by atoms with E-state index in [9.17, 15) is 13.2 Å². The Morgan fingerprint density at radius 3 is 2.46 bits per heavy atom. The summed E-state index contributed by atoms with van der Waals surface area (Å²) in [7, 11) is -3.53. The van der Waals surface area contributed by atoms with E-state index in [0.29, 0.717) is 24.9 Å². The third-order valence-corrected chi connectivity index (χ3v) is 5.70. The smallest absolute Gasteiger partial charge is 0.240 e. The van der Waals surface area contributed by atoms with Gasteiger partial charge >= 0.3 is 0 Å². The summed E-state index contributed by atoms with van der Waals surface area (Å²) in [4.78, 5) is 12.1. The first kappa shape index (κ1) is 20.7. The molecule has 0 aliphatic heterocycles. The van der Waals surface area contributed by atoms with Crippen molar-refractivity contribution in [3.8, 4) is 0 Å². The molecule has 0 heterocycles. The molecule has 0 spiro atoms. The van der Waals surface area contributed by atoms with Gasteiger partial charge in [0.25, 0.3) is 0 Å². The number of benzene rings is 1. The van der Waals surface area contributed by atoms with E-state index in [0.717, 1.165) is 35.4 Å². The first-order valence-corrected chi connectivity index (χ1v) is 11.1. The van der Waals surface area contributed by atoms with Crippen molar-refractivity contribution in [1.82, 2.24) is 5.32 Å². The molecular weight excluding hydrogens is 352 g/mol. The molecule has 1 aromatic rings. The van der Waals surface area contributed by atoms with Crippen LogP contribution in [-0.2, 0) is 19.6 Å². The van der Waals surface area contributed by atoms with Gasteiger partial charge in [-0.3, -0.25) is 9.10 Å². The summed E-state index contributed by atoms with van der Waals surface area (Å²) in [6, 6.07) is 7.07. The molecule has 1 saturated carbocycles. The van der Waals surface area contributed by atoms with E-state index in [1.807, 2.05) is 19.1 Å². The number of hydrogen-bond acceptors (Lipinski definition) is 4. The third kappa shape index (κ3) is 6.96. The molecule has 0 aromatic heterocycles. The van der Waals surface area contributed by atoms with Crippen molar-refractivity contribution in [2.24, 2.45) is 0 Å². The summed E-state index contributed by atoms with van der Waals surface area (Å²) in [5, 5.41) is 2.78. The van der Waals surface area contributed by atoms with Gasteiger partial charge in [0.15, 0.2) is 0 Å². The van der Waals surface area contributed by atoms with E-state index in [2.05, 4.69) is 5.32 Å². The number of hydrogen-bond donors (Lipinski definition) is 1. The Kier molecular flexibility index (Phi) is 7.90. The molecule has 0 bridgehead atoms. The lowest BCUT2D eigenvalue weighted by Gasteiger charge is -2.23. The van der Waals surface area contributed by atoms with Crippen LogP contribution in [0.5, 0.6) is 0 Å². The molecule has 6 nitrogen and oxygen atoms in total. The maximum atomic E-state index is 12.1. The van der Waals surface area contributed by atoms with Gasteiger partial charge in [-0.05, 0) is 38.3 Å². The van der Waals surface area contributed by atoms with Crippen LogP contribution in [0.2, 0.25) is 0 Å². The summed E-state index contributed by atoms with van der Waals surface area (Å²) in [5.41, 5.74) is 1.53. The minimum atomic E-state index is -3.53. The summed E-state index contributed by atoms with van der Waals surface area (Å²) >= 11 is 0. The Labute approximate surface area is 157 Å². The molecule has 1 aliphatic carbocycles. The molecule has 0 radical (unpaired) electrons. The number of aryl methyl sites for hydroxylation is 1. The number of carbonyl (C=O) groups excluding carboxylic acids is 1. The number of anilines is 1. The third-order valence-electron chi connectivity index (χ3n) is 4.56. The Morgan fingerprint density at radius 1 is 1.19 bits per heavy atom. The van der Waals surface area contributed by atoms with Crippen molar-refractivity contribution < 1.29 is 17.9 Å². The zero-order chi connectivity index (χ0) is 19.0. The van der Waals surface area contributed by atoms with Gasteiger partial charge in [-0.2, -0.15) is 0 Å². The highest BCUT2D eigenvalue weighted by molar-refractivity contribution is 7.92. The molecule has 2 rings (SSSR count). The maximum Gasteiger partial charge on any atom is 0.240 e. The Bertz CT molecular complexity index is 667. The quantitative estimate of drug-likeness (QED) is 0.666. The zero-order valence-corrected chi connectivity index (χ0v) is 16.6. The fourth-order valence-corrected chi connectivity index (χ4v) is 3.94. The SMILES string of the molecule is Cc1ccc(N(CC(=O)NCCCOC2CCCCC2)S(C)(=O)=O)cc1. The number of carbonyl (C=O) groups is 1. The molecule has 1 fully saturated rings.